The predicted octanol–water partition coefficient (Wildman–Crippen LogP) is 6.06. The Morgan fingerprint density at radius 3 is 2.59 bits per heavy atom. The minimum absolute atomic E-state index is 0.161. The van der Waals surface area contributed by atoms with Crippen molar-refractivity contribution < 1.29 is 9.53 Å². The Kier molecular flexibility index (Phi) is 6.02. The smallest absolute Gasteiger partial charge is 0.255 e. The van der Waals surface area contributed by atoms with E-state index in [1.54, 1.807) is 12.1 Å². The molecule has 0 spiro atoms. The van der Waals surface area contributed by atoms with Crippen molar-refractivity contribution in [2.45, 2.75) is 33.0 Å². The molecular weight excluding hydrogens is 448 g/mol. The number of carbonyl (C=O) groups excluding carboxylic acids is 1. The first-order chi connectivity index (χ1) is 16.4. The van der Waals surface area contributed by atoms with Crippen molar-refractivity contribution in [1.82, 2.24) is 9.97 Å². The van der Waals surface area contributed by atoms with Crippen molar-refractivity contribution in [3.8, 4) is 11.4 Å². The number of carbonyl (C=O) groups is 1. The number of morpholine rings is 1. The van der Waals surface area contributed by atoms with Crippen LogP contribution in [0.3, 0.4) is 0 Å². The number of nitrogens with one attached hydrogen (secondary N) is 2. The number of H-pyrrole nitrogens is 1. The highest BCUT2D eigenvalue weighted by molar-refractivity contribution is 6.33. The number of aromatic nitrogens is 2. The zero-order valence-corrected chi connectivity index (χ0v) is 20.2. The van der Waals surface area contributed by atoms with Crippen LogP contribution in [0.4, 0.5) is 11.4 Å². The molecule has 7 heteroatoms. The molecule has 0 unspecified atom stereocenters. The number of aromatic amines is 1. The van der Waals surface area contributed by atoms with Crippen LogP contribution in [0, 0.1) is 6.92 Å². The minimum Gasteiger partial charge on any atom is -0.372 e. The molecule has 0 saturated carbocycles. The summed E-state index contributed by atoms with van der Waals surface area (Å²) in [4.78, 5) is 23.3. The first-order valence-corrected chi connectivity index (χ1v) is 11.8. The summed E-state index contributed by atoms with van der Waals surface area (Å²) in [5, 5.41) is 3.57. The number of fused-ring (bicyclic) bond motifs is 1. The summed E-state index contributed by atoms with van der Waals surface area (Å²) < 4.78 is 5.84. The van der Waals surface area contributed by atoms with Gasteiger partial charge < -0.3 is 19.9 Å². The zero-order valence-electron chi connectivity index (χ0n) is 19.4. The highest BCUT2D eigenvalue weighted by atomic mass is 35.5. The van der Waals surface area contributed by atoms with Gasteiger partial charge in [-0.25, -0.2) is 4.98 Å². The lowest BCUT2D eigenvalue weighted by Crippen LogP contribution is -2.45. The molecule has 0 radical (unpaired) electrons. The molecule has 0 bridgehead atoms. The molecule has 1 saturated heterocycles. The van der Waals surface area contributed by atoms with E-state index in [1.165, 1.54) is 0 Å². The molecule has 0 aliphatic carbocycles. The van der Waals surface area contributed by atoms with Crippen LogP contribution in [0.2, 0.25) is 5.02 Å². The fourth-order valence-corrected chi connectivity index (χ4v) is 4.76. The average molecular weight is 475 g/mol. The third kappa shape index (κ3) is 4.52. The van der Waals surface area contributed by atoms with Gasteiger partial charge in [0.25, 0.3) is 5.91 Å². The molecule has 2 N–H and O–H groups in total. The van der Waals surface area contributed by atoms with Crippen molar-refractivity contribution in [2.24, 2.45) is 0 Å². The molecule has 1 aromatic heterocycles. The maximum Gasteiger partial charge on any atom is 0.255 e. The molecule has 34 heavy (non-hydrogen) atoms. The van der Waals surface area contributed by atoms with Crippen LogP contribution in [0.15, 0.2) is 60.7 Å². The Morgan fingerprint density at radius 2 is 1.85 bits per heavy atom. The first kappa shape index (κ1) is 22.4. The van der Waals surface area contributed by atoms with Gasteiger partial charge in [0.05, 0.1) is 28.3 Å². The molecule has 5 rings (SSSR count). The highest BCUT2D eigenvalue weighted by Crippen LogP contribution is 2.31. The van der Waals surface area contributed by atoms with Crippen molar-refractivity contribution in [3.63, 3.8) is 0 Å². The first-order valence-electron chi connectivity index (χ1n) is 11.4. The molecule has 1 aliphatic rings. The summed E-state index contributed by atoms with van der Waals surface area (Å²) in [5.74, 6) is 0.502. The summed E-state index contributed by atoms with van der Waals surface area (Å²) in [7, 11) is 0. The van der Waals surface area contributed by atoms with Crippen molar-refractivity contribution >= 4 is 39.9 Å². The standard InChI is InChI=1S/C27H27ClN4O2/c1-16-12-20(32-14-17(2)34-18(3)15-32)9-10-21(16)27(33)29-19-8-11-23(28)22(13-19)26-30-24-6-4-5-7-25(24)31-26/h4-13,17-18H,14-15H2,1-3H3,(H,29,33)(H,30,31)/t17-,18+. The second kappa shape index (κ2) is 9.12. The highest BCUT2D eigenvalue weighted by Gasteiger charge is 2.23. The van der Waals surface area contributed by atoms with Gasteiger partial charge >= 0.3 is 0 Å². The summed E-state index contributed by atoms with van der Waals surface area (Å²) in [6, 6.07) is 19.2. The molecule has 1 fully saturated rings. The van der Waals surface area contributed by atoms with E-state index < -0.39 is 0 Å². The van der Waals surface area contributed by atoms with Gasteiger partial charge in [-0.2, -0.15) is 0 Å². The quantitative estimate of drug-likeness (QED) is 0.377. The lowest BCUT2D eigenvalue weighted by molar-refractivity contribution is -0.00522. The van der Waals surface area contributed by atoms with E-state index in [4.69, 9.17) is 16.3 Å². The third-order valence-corrected chi connectivity index (χ3v) is 6.44. The van der Waals surface area contributed by atoms with Crippen LogP contribution in [0.1, 0.15) is 29.8 Å². The molecule has 3 aromatic carbocycles. The number of hydrogen-bond donors (Lipinski definition) is 2. The summed E-state index contributed by atoms with van der Waals surface area (Å²) >= 11 is 6.46. The Labute approximate surface area is 203 Å². The molecular formula is C27H27ClN4O2. The Morgan fingerprint density at radius 1 is 1.09 bits per heavy atom. The number of imidazole rings is 1. The van der Waals surface area contributed by atoms with Gasteiger partial charge in [-0.15, -0.1) is 0 Å². The van der Waals surface area contributed by atoms with Gasteiger partial charge in [0, 0.05) is 35.6 Å². The summed E-state index contributed by atoms with van der Waals surface area (Å²) in [5.41, 5.74) is 5.86. The lowest BCUT2D eigenvalue weighted by atomic mass is 10.1. The second-order valence-electron chi connectivity index (χ2n) is 8.91. The number of aryl methyl sites for hydroxylation is 1. The third-order valence-electron chi connectivity index (χ3n) is 6.11. The number of ether oxygens (including phenoxy) is 1. The number of amides is 1. The number of benzene rings is 3. The molecule has 174 valence electrons. The average Bonchev–Trinajstić information content (AvgIpc) is 3.23. The van der Waals surface area contributed by atoms with Crippen LogP contribution < -0.4 is 10.2 Å². The van der Waals surface area contributed by atoms with E-state index in [0.717, 1.165) is 40.9 Å². The minimum atomic E-state index is -0.161. The number of nitrogens with zero attached hydrogens (tertiary/aromatic N) is 2. The van der Waals surface area contributed by atoms with E-state index in [2.05, 4.69) is 40.1 Å². The number of rotatable bonds is 4. The lowest BCUT2D eigenvalue weighted by Gasteiger charge is -2.37. The summed E-state index contributed by atoms with van der Waals surface area (Å²) in [6.45, 7) is 7.81. The Bertz CT molecular complexity index is 1320. The second-order valence-corrected chi connectivity index (χ2v) is 9.32. The number of halogens is 1. The maximum absolute atomic E-state index is 13.1. The van der Waals surface area contributed by atoms with E-state index >= 15 is 0 Å². The van der Waals surface area contributed by atoms with Crippen molar-refractivity contribution in [1.29, 1.82) is 0 Å². The van der Waals surface area contributed by atoms with Crippen LogP contribution in [0.25, 0.3) is 22.4 Å². The summed E-state index contributed by atoms with van der Waals surface area (Å²) in [6.07, 6.45) is 0.357. The largest absolute Gasteiger partial charge is 0.372 e. The number of hydrogen-bond acceptors (Lipinski definition) is 4. The predicted molar refractivity (Wildman–Crippen MR) is 138 cm³/mol. The Balaban J connectivity index is 1.36. The molecule has 2 atom stereocenters. The van der Waals surface area contributed by atoms with E-state index in [0.29, 0.717) is 22.1 Å². The molecule has 1 aliphatic heterocycles. The van der Waals surface area contributed by atoms with Crippen LogP contribution >= 0.6 is 11.6 Å². The fraction of sp³-hybridized carbons (Fsp3) is 0.259. The topological polar surface area (TPSA) is 70.2 Å². The van der Waals surface area contributed by atoms with Crippen molar-refractivity contribution in [3.05, 3.63) is 76.8 Å². The maximum atomic E-state index is 13.1. The molecule has 2 heterocycles. The van der Waals surface area contributed by atoms with Crippen molar-refractivity contribution in [2.75, 3.05) is 23.3 Å². The van der Waals surface area contributed by atoms with E-state index in [-0.39, 0.29) is 18.1 Å². The van der Waals surface area contributed by atoms with Crippen LogP contribution in [0.5, 0.6) is 0 Å². The zero-order chi connectivity index (χ0) is 23.8. The van der Waals surface area contributed by atoms with Gasteiger partial charge in [-0.1, -0.05) is 23.7 Å². The van der Waals surface area contributed by atoms with Gasteiger partial charge in [0.2, 0.25) is 0 Å². The molecule has 1 amide bonds. The molecule has 6 nitrogen and oxygen atoms in total. The Hall–Kier alpha value is -3.35. The fourth-order valence-electron chi connectivity index (χ4n) is 4.55. The monoisotopic (exact) mass is 474 g/mol. The SMILES string of the molecule is Cc1cc(N2C[C@@H](C)O[C@@H](C)C2)ccc1C(=O)Nc1ccc(Cl)c(-c2nc3ccccc3[nH]2)c1. The number of para-hydroxylation sites is 2. The number of anilines is 2. The van der Waals surface area contributed by atoms with Gasteiger partial charge in [0.15, 0.2) is 0 Å². The van der Waals surface area contributed by atoms with Gasteiger partial charge in [-0.05, 0) is 74.9 Å². The van der Waals surface area contributed by atoms with Crippen LogP contribution in [-0.2, 0) is 4.74 Å². The van der Waals surface area contributed by atoms with Gasteiger partial charge in [-0.3, -0.25) is 4.79 Å². The van der Waals surface area contributed by atoms with E-state index in [9.17, 15) is 4.79 Å². The normalized spacial score (nSPS) is 18.3. The van der Waals surface area contributed by atoms with Crippen LogP contribution in [-0.4, -0.2) is 41.2 Å². The van der Waals surface area contributed by atoms with E-state index in [1.807, 2.05) is 49.4 Å². The van der Waals surface area contributed by atoms with Gasteiger partial charge in [0.1, 0.15) is 5.82 Å². The molecule has 4 aromatic rings.